The number of anilines is 1. The summed E-state index contributed by atoms with van der Waals surface area (Å²) in [7, 11) is 0. The lowest BCUT2D eigenvalue weighted by molar-refractivity contribution is 0.719. The molecule has 0 aliphatic heterocycles. The average molecular weight is 233 g/mol. The SMILES string of the molecule is CCNc1nc(C(C)C)nc(-n2cncn2)n1. The Morgan fingerprint density at radius 2 is 2.12 bits per heavy atom. The Morgan fingerprint density at radius 1 is 1.29 bits per heavy atom. The molecule has 1 N–H and O–H groups in total. The van der Waals surface area contributed by atoms with Crippen molar-refractivity contribution in [2.45, 2.75) is 26.7 Å². The molecule has 2 heterocycles. The van der Waals surface area contributed by atoms with Gasteiger partial charge in [-0.1, -0.05) is 13.8 Å². The molecular weight excluding hydrogens is 218 g/mol. The Labute approximate surface area is 99.3 Å². The average Bonchev–Trinajstić information content (AvgIpc) is 2.82. The third-order valence-electron chi connectivity index (χ3n) is 2.12. The molecule has 0 aliphatic rings. The van der Waals surface area contributed by atoms with Crippen LogP contribution in [0.2, 0.25) is 0 Å². The number of hydrogen-bond donors (Lipinski definition) is 1. The second-order valence-electron chi connectivity index (χ2n) is 3.84. The van der Waals surface area contributed by atoms with Crippen LogP contribution in [0.1, 0.15) is 32.5 Å². The second kappa shape index (κ2) is 4.86. The van der Waals surface area contributed by atoms with Crippen molar-refractivity contribution in [2.75, 3.05) is 11.9 Å². The molecule has 0 spiro atoms. The predicted molar refractivity (Wildman–Crippen MR) is 63.0 cm³/mol. The van der Waals surface area contributed by atoms with Gasteiger partial charge in [-0.05, 0) is 6.92 Å². The Bertz CT molecular complexity index is 477. The lowest BCUT2D eigenvalue weighted by Crippen LogP contribution is -2.12. The molecule has 7 heteroatoms. The van der Waals surface area contributed by atoms with E-state index in [0.29, 0.717) is 11.9 Å². The zero-order chi connectivity index (χ0) is 12.3. The van der Waals surface area contributed by atoms with Crippen LogP contribution in [0, 0.1) is 0 Å². The van der Waals surface area contributed by atoms with E-state index in [1.807, 2.05) is 20.8 Å². The lowest BCUT2D eigenvalue weighted by atomic mass is 10.2. The Balaban J connectivity index is 2.44. The summed E-state index contributed by atoms with van der Waals surface area (Å²) in [6.07, 6.45) is 3.01. The molecule has 0 fully saturated rings. The summed E-state index contributed by atoms with van der Waals surface area (Å²) in [4.78, 5) is 16.8. The normalized spacial score (nSPS) is 10.8. The third-order valence-corrected chi connectivity index (χ3v) is 2.12. The maximum atomic E-state index is 4.36. The van der Waals surface area contributed by atoms with Gasteiger partial charge in [-0.2, -0.15) is 24.7 Å². The van der Waals surface area contributed by atoms with Gasteiger partial charge in [0, 0.05) is 12.5 Å². The smallest absolute Gasteiger partial charge is 0.257 e. The van der Waals surface area contributed by atoms with Crippen molar-refractivity contribution < 1.29 is 0 Å². The molecule has 0 amide bonds. The first kappa shape index (κ1) is 11.4. The quantitative estimate of drug-likeness (QED) is 0.848. The van der Waals surface area contributed by atoms with Gasteiger partial charge in [-0.15, -0.1) is 0 Å². The zero-order valence-corrected chi connectivity index (χ0v) is 10.1. The molecular formula is C10H15N7. The first-order valence-corrected chi connectivity index (χ1v) is 5.55. The van der Waals surface area contributed by atoms with E-state index in [-0.39, 0.29) is 5.92 Å². The van der Waals surface area contributed by atoms with Gasteiger partial charge >= 0.3 is 0 Å². The summed E-state index contributed by atoms with van der Waals surface area (Å²) in [6.45, 7) is 6.83. The molecule has 0 aliphatic carbocycles. The molecule has 7 nitrogen and oxygen atoms in total. The van der Waals surface area contributed by atoms with E-state index in [1.165, 1.54) is 11.0 Å². The van der Waals surface area contributed by atoms with Gasteiger partial charge in [0.25, 0.3) is 5.95 Å². The summed E-state index contributed by atoms with van der Waals surface area (Å²) >= 11 is 0. The minimum atomic E-state index is 0.234. The highest BCUT2D eigenvalue weighted by Gasteiger charge is 2.10. The van der Waals surface area contributed by atoms with Gasteiger partial charge in [0.1, 0.15) is 18.5 Å². The van der Waals surface area contributed by atoms with Crippen molar-refractivity contribution in [3.8, 4) is 5.95 Å². The Hall–Kier alpha value is -2.05. The number of rotatable bonds is 4. The van der Waals surface area contributed by atoms with Gasteiger partial charge in [-0.25, -0.2) is 4.98 Å². The van der Waals surface area contributed by atoms with E-state index in [0.717, 1.165) is 12.4 Å². The van der Waals surface area contributed by atoms with Crippen molar-refractivity contribution in [1.82, 2.24) is 29.7 Å². The first-order valence-electron chi connectivity index (χ1n) is 5.55. The summed E-state index contributed by atoms with van der Waals surface area (Å²) in [5.74, 6) is 2.02. The van der Waals surface area contributed by atoms with Crippen LogP contribution in [0.15, 0.2) is 12.7 Å². The third kappa shape index (κ3) is 2.55. The van der Waals surface area contributed by atoms with Gasteiger partial charge in [0.2, 0.25) is 5.95 Å². The van der Waals surface area contributed by atoms with Crippen LogP contribution in [0.25, 0.3) is 5.95 Å². The molecule has 2 aromatic heterocycles. The van der Waals surface area contributed by atoms with Crippen molar-refractivity contribution >= 4 is 5.95 Å². The molecule has 0 saturated heterocycles. The van der Waals surface area contributed by atoms with Crippen LogP contribution in [-0.4, -0.2) is 36.3 Å². The standard InChI is InChI=1S/C10H15N7/c1-4-12-9-14-8(7(2)3)15-10(16-9)17-6-11-5-13-17/h5-7H,4H2,1-3H3,(H,12,14,15,16). The van der Waals surface area contributed by atoms with Gasteiger partial charge in [-0.3, -0.25) is 0 Å². The van der Waals surface area contributed by atoms with Crippen LogP contribution in [0.4, 0.5) is 5.95 Å². The topological polar surface area (TPSA) is 81.4 Å². The number of nitrogens with one attached hydrogen (secondary N) is 1. The predicted octanol–water partition coefficient (Wildman–Crippen LogP) is 1.01. The minimum Gasteiger partial charge on any atom is -0.354 e. The summed E-state index contributed by atoms with van der Waals surface area (Å²) in [5.41, 5.74) is 0. The Kier molecular flexibility index (Phi) is 3.27. The van der Waals surface area contributed by atoms with E-state index >= 15 is 0 Å². The first-order chi connectivity index (χ1) is 8.20. The summed E-state index contributed by atoms with van der Waals surface area (Å²) in [6, 6.07) is 0. The molecule has 0 saturated carbocycles. The van der Waals surface area contributed by atoms with Crippen LogP contribution in [0.3, 0.4) is 0 Å². The highest BCUT2D eigenvalue weighted by molar-refractivity contribution is 5.28. The fraction of sp³-hybridized carbons (Fsp3) is 0.500. The molecule has 0 aromatic carbocycles. The second-order valence-corrected chi connectivity index (χ2v) is 3.84. The van der Waals surface area contributed by atoms with Gasteiger partial charge in [0.15, 0.2) is 0 Å². The van der Waals surface area contributed by atoms with E-state index < -0.39 is 0 Å². The van der Waals surface area contributed by atoms with E-state index in [9.17, 15) is 0 Å². The molecule has 0 atom stereocenters. The minimum absolute atomic E-state index is 0.234. The largest absolute Gasteiger partial charge is 0.354 e. The monoisotopic (exact) mass is 233 g/mol. The molecule has 2 rings (SSSR count). The fourth-order valence-electron chi connectivity index (χ4n) is 1.29. The van der Waals surface area contributed by atoms with Crippen molar-refractivity contribution in [2.24, 2.45) is 0 Å². The number of aromatic nitrogens is 6. The zero-order valence-electron chi connectivity index (χ0n) is 10.1. The molecule has 0 radical (unpaired) electrons. The van der Waals surface area contributed by atoms with Crippen molar-refractivity contribution in [3.63, 3.8) is 0 Å². The molecule has 2 aromatic rings. The summed E-state index contributed by atoms with van der Waals surface area (Å²) in [5, 5.41) is 7.09. The maximum absolute atomic E-state index is 4.36. The Morgan fingerprint density at radius 3 is 2.71 bits per heavy atom. The van der Waals surface area contributed by atoms with E-state index in [2.05, 4.69) is 30.4 Å². The van der Waals surface area contributed by atoms with Crippen molar-refractivity contribution in [3.05, 3.63) is 18.5 Å². The molecule has 0 bridgehead atoms. The summed E-state index contributed by atoms with van der Waals surface area (Å²) < 4.78 is 1.52. The lowest BCUT2D eigenvalue weighted by Gasteiger charge is -2.08. The highest BCUT2D eigenvalue weighted by Crippen LogP contribution is 2.12. The van der Waals surface area contributed by atoms with Crippen LogP contribution in [0.5, 0.6) is 0 Å². The molecule has 0 unspecified atom stereocenters. The fourth-order valence-corrected chi connectivity index (χ4v) is 1.29. The molecule has 17 heavy (non-hydrogen) atoms. The van der Waals surface area contributed by atoms with E-state index in [1.54, 1.807) is 6.33 Å². The van der Waals surface area contributed by atoms with Gasteiger partial charge < -0.3 is 5.32 Å². The van der Waals surface area contributed by atoms with E-state index in [4.69, 9.17) is 0 Å². The number of hydrogen-bond acceptors (Lipinski definition) is 6. The highest BCUT2D eigenvalue weighted by atomic mass is 15.4. The number of nitrogens with zero attached hydrogens (tertiary/aromatic N) is 6. The maximum Gasteiger partial charge on any atom is 0.257 e. The van der Waals surface area contributed by atoms with Crippen LogP contribution < -0.4 is 5.32 Å². The van der Waals surface area contributed by atoms with Crippen LogP contribution in [-0.2, 0) is 0 Å². The van der Waals surface area contributed by atoms with Crippen LogP contribution >= 0.6 is 0 Å². The van der Waals surface area contributed by atoms with Gasteiger partial charge in [0.05, 0.1) is 0 Å². The molecule has 90 valence electrons. The van der Waals surface area contributed by atoms with Crippen molar-refractivity contribution in [1.29, 1.82) is 0 Å².